The number of anilines is 1. The molecule has 1 atom stereocenters. The van der Waals surface area contributed by atoms with Gasteiger partial charge in [-0.15, -0.1) is 0 Å². The van der Waals surface area contributed by atoms with Gasteiger partial charge in [-0.2, -0.15) is 11.3 Å². The number of nitrogens with zero attached hydrogens (tertiary/aromatic N) is 1. The molecule has 2 heterocycles. The van der Waals surface area contributed by atoms with E-state index in [1.54, 1.807) is 17.5 Å². The summed E-state index contributed by atoms with van der Waals surface area (Å²) in [7, 11) is 0. The topological polar surface area (TPSA) is 42.0 Å². The lowest BCUT2D eigenvalue weighted by Crippen LogP contribution is -2.14. The molecule has 4 heteroatoms. The molecule has 3 rings (SSSR count). The molecule has 3 nitrogen and oxygen atoms in total. The third-order valence-electron chi connectivity index (χ3n) is 3.53. The fraction of sp³-hybridized carbons (Fsp3) is 0.176. The van der Waals surface area contributed by atoms with E-state index in [0.717, 1.165) is 16.5 Å². The number of carbonyl (C=O) groups is 1. The molecular formula is C17H16N2OS. The Morgan fingerprint density at radius 2 is 2.19 bits per heavy atom. The average molecular weight is 296 g/mol. The van der Waals surface area contributed by atoms with Crippen molar-refractivity contribution in [3.8, 4) is 0 Å². The Labute approximate surface area is 127 Å². The predicted molar refractivity (Wildman–Crippen MR) is 87.7 cm³/mol. The number of fused-ring (bicyclic) bond motifs is 1. The highest BCUT2D eigenvalue weighted by Crippen LogP contribution is 2.23. The molecule has 1 unspecified atom stereocenters. The molecule has 21 heavy (non-hydrogen) atoms. The lowest BCUT2D eigenvalue weighted by Gasteiger charge is -2.11. The van der Waals surface area contributed by atoms with Crippen LogP contribution < -0.4 is 5.32 Å². The van der Waals surface area contributed by atoms with Gasteiger partial charge in [-0.3, -0.25) is 9.78 Å². The second kappa shape index (κ2) is 6.06. The first-order valence-corrected chi connectivity index (χ1v) is 7.82. The van der Waals surface area contributed by atoms with Gasteiger partial charge in [0, 0.05) is 29.9 Å². The van der Waals surface area contributed by atoms with Gasteiger partial charge in [0.25, 0.3) is 0 Å². The van der Waals surface area contributed by atoms with Crippen molar-refractivity contribution in [2.45, 2.75) is 19.3 Å². The van der Waals surface area contributed by atoms with Crippen molar-refractivity contribution in [1.29, 1.82) is 0 Å². The fourth-order valence-corrected chi connectivity index (χ4v) is 3.11. The highest BCUT2D eigenvalue weighted by atomic mass is 32.1. The molecule has 106 valence electrons. The van der Waals surface area contributed by atoms with E-state index in [4.69, 9.17) is 0 Å². The van der Waals surface area contributed by atoms with Crippen molar-refractivity contribution in [1.82, 2.24) is 4.98 Å². The van der Waals surface area contributed by atoms with Crippen LogP contribution in [0, 0.1) is 0 Å². The molecule has 0 radical (unpaired) electrons. The Kier molecular flexibility index (Phi) is 3.97. The number of carbonyl (C=O) groups excluding carboxylic acids is 1. The van der Waals surface area contributed by atoms with Gasteiger partial charge in [0.05, 0.1) is 0 Å². The normalized spacial score (nSPS) is 12.2. The summed E-state index contributed by atoms with van der Waals surface area (Å²) in [4.78, 5) is 16.2. The predicted octanol–water partition coefficient (Wildman–Crippen LogP) is 4.43. The van der Waals surface area contributed by atoms with Crippen molar-refractivity contribution < 1.29 is 4.79 Å². The van der Waals surface area contributed by atoms with Crippen LogP contribution in [0.25, 0.3) is 10.8 Å². The molecule has 1 N–H and O–H groups in total. The highest BCUT2D eigenvalue weighted by molar-refractivity contribution is 7.07. The van der Waals surface area contributed by atoms with Gasteiger partial charge in [-0.25, -0.2) is 0 Å². The van der Waals surface area contributed by atoms with Gasteiger partial charge in [-0.05, 0) is 51.9 Å². The zero-order valence-electron chi connectivity index (χ0n) is 11.7. The van der Waals surface area contributed by atoms with E-state index >= 15 is 0 Å². The van der Waals surface area contributed by atoms with Gasteiger partial charge in [0.15, 0.2) is 0 Å². The van der Waals surface area contributed by atoms with Crippen LogP contribution in [0.1, 0.15) is 24.8 Å². The standard InChI is InChI=1S/C17H16N2OS/c1-12(15-5-7-21-11-15)8-17(20)19-16-3-2-14-10-18-6-4-13(14)9-16/h2-7,9-12H,8H2,1H3,(H,19,20). The number of thiophene rings is 1. The molecule has 0 aliphatic carbocycles. The van der Waals surface area contributed by atoms with E-state index in [9.17, 15) is 4.79 Å². The minimum atomic E-state index is 0.0436. The van der Waals surface area contributed by atoms with Crippen LogP contribution in [0.3, 0.4) is 0 Å². The second-order valence-corrected chi connectivity index (χ2v) is 5.93. The van der Waals surface area contributed by atoms with Crippen molar-refractivity contribution in [3.63, 3.8) is 0 Å². The number of amides is 1. The van der Waals surface area contributed by atoms with Gasteiger partial charge in [0.1, 0.15) is 0 Å². The molecule has 2 aromatic heterocycles. The monoisotopic (exact) mass is 296 g/mol. The van der Waals surface area contributed by atoms with Crippen molar-refractivity contribution in [3.05, 3.63) is 59.0 Å². The number of nitrogens with one attached hydrogen (secondary N) is 1. The molecule has 1 aromatic carbocycles. The molecule has 0 fully saturated rings. The van der Waals surface area contributed by atoms with Crippen LogP contribution in [0.2, 0.25) is 0 Å². The molecular weight excluding hydrogens is 280 g/mol. The van der Waals surface area contributed by atoms with E-state index in [1.165, 1.54) is 5.56 Å². The highest BCUT2D eigenvalue weighted by Gasteiger charge is 2.11. The Balaban J connectivity index is 1.68. The van der Waals surface area contributed by atoms with Crippen molar-refractivity contribution >= 4 is 33.7 Å². The summed E-state index contributed by atoms with van der Waals surface area (Å²) in [5, 5.41) is 9.26. The Bertz CT molecular complexity index is 752. The maximum absolute atomic E-state index is 12.1. The number of rotatable bonds is 4. The largest absolute Gasteiger partial charge is 0.326 e. The first kappa shape index (κ1) is 13.8. The summed E-state index contributed by atoms with van der Waals surface area (Å²) in [6, 6.07) is 9.88. The van der Waals surface area contributed by atoms with E-state index in [1.807, 2.05) is 35.8 Å². The third-order valence-corrected chi connectivity index (χ3v) is 4.23. The van der Waals surface area contributed by atoms with Crippen LogP contribution in [-0.2, 0) is 4.79 Å². The van der Waals surface area contributed by atoms with Gasteiger partial charge < -0.3 is 5.32 Å². The number of hydrogen-bond acceptors (Lipinski definition) is 3. The zero-order valence-corrected chi connectivity index (χ0v) is 12.6. The van der Waals surface area contributed by atoms with Crippen LogP contribution in [0.15, 0.2) is 53.5 Å². The molecule has 0 saturated heterocycles. The quantitative estimate of drug-likeness (QED) is 0.774. The lowest BCUT2D eigenvalue weighted by molar-refractivity contribution is -0.116. The molecule has 0 spiro atoms. The Morgan fingerprint density at radius 1 is 1.29 bits per heavy atom. The number of hydrogen-bond donors (Lipinski definition) is 1. The molecule has 1 amide bonds. The first-order valence-electron chi connectivity index (χ1n) is 6.88. The lowest BCUT2D eigenvalue weighted by atomic mass is 10.0. The SMILES string of the molecule is CC(CC(=O)Nc1ccc2cnccc2c1)c1ccsc1. The van der Waals surface area contributed by atoms with Crippen LogP contribution >= 0.6 is 11.3 Å². The van der Waals surface area contributed by atoms with E-state index in [2.05, 4.69) is 28.7 Å². The van der Waals surface area contributed by atoms with Crippen molar-refractivity contribution in [2.75, 3.05) is 5.32 Å². The minimum absolute atomic E-state index is 0.0436. The summed E-state index contributed by atoms with van der Waals surface area (Å²) in [5.74, 6) is 0.281. The van der Waals surface area contributed by atoms with Crippen LogP contribution in [0.5, 0.6) is 0 Å². The van der Waals surface area contributed by atoms with Gasteiger partial charge >= 0.3 is 0 Å². The maximum Gasteiger partial charge on any atom is 0.224 e. The molecule has 0 bridgehead atoms. The fourth-order valence-electron chi connectivity index (χ4n) is 2.32. The zero-order chi connectivity index (χ0) is 14.7. The van der Waals surface area contributed by atoms with E-state index in [0.29, 0.717) is 6.42 Å². The van der Waals surface area contributed by atoms with Gasteiger partial charge in [-0.1, -0.05) is 13.0 Å². The second-order valence-electron chi connectivity index (χ2n) is 5.15. The van der Waals surface area contributed by atoms with E-state index < -0.39 is 0 Å². The molecule has 0 aliphatic rings. The van der Waals surface area contributed by atoms with Crippen LogP contribution in [0.4, 0.5) is 5.69 Å². The maximum atomic E-state index is 12.1. The summed E-state index contributed by atoms with van der Waals surface area (Å²) >= 11 is 1.66. The Morgan fingerprint density at radius 3 is 3.00 bits per heavy atom. The summed E-state index contributed by atoms with van der Waals surface area (Å²) in [6.45, 7) is 2.08. The van der Waals surface area contributed by atoms with E-state index in [-0.39, 0.29) is 11.8 Å². The summed E-state index contributed by atoms with van der Waals surface area (Å²) in [6.07, 6.45) is 4.07. The van der Waals surface area contributed by atoms with Crippen molar-refractivity contribution in [2.24, 2.45) is 0 Å². The molecule has 0 saturated carbocycles. The summed E-state index contributed by atoms with van der Waals surface area (Å²) < 4.78 is 0. The third kappa shape index (κ3) is 3.28. The van der Waals surface area contributed by atoms with Crippen LogP contribution in [-0.4, -0.2) is 10.9 Å². The minimum Gasteiger partial charge on any atom is -0.326 e. The molecule has 0 aliphatic heterocycles. The van der Waals surface area contributed by atoms with Gasteiger partial charge in [0.2, 0.25) is 5.91 Å². The number of benzene rings is 1. The smallest absolute Gasteiger partial charge is 0.224 e. The summed E-state index contributed by atoms with van der Waals surface area (Å²) in [5.41, 5.74) is 2.05. The first-order chi connectivity index (χ1) is 10.2. The Hall–Kier alpha value is -2.20. The molecule has 3 aromatic rings. The number of aromatic nitrogens is 1. The number of pyridine rings is 1. The average Bonchev–Trinajstić information content (AvgIpc) is 3.01.